The van der Waals surface area contributed by atoms with Crippen molar-refractivity contribution >= 4 is 28.9 Å². The minimum atomic E-state index is -0.227. The molecule has 2 aliphatic rings. The first-order valence-corrected chi connectivity index (χ1v) is 11.9. The molecule has 30 heavy (non-hydrogen) atoms. The van der Waals surface area contributed by atoms with Crippen molar-refractivity contribution in [3.05, 3.63) is 29.8 Å². The molecule has 0 saturated carbocycles. The maximum absolute atomic E-state index is 13.3. The molecule has 2 fully saturated rings. The van der Waals surface area contributed by atoms with E-state index in [2.05, 4.69) is 67.2 Å². The molecule has 2 heterocycles. The molecular formula is C24H38N4OS. The van der Waals surface area contributed by atoms with Crippen molar-refractivity contribution in [1.29, 1.82) is 0 Å². The van der Waals surface area contributed by atoms with Gasteiger partial charge in [0.15, 0.2) is 5.11 Å². The number of benzene rings is 1. The molecule has 0 bridgehead atoms. The van der Waals surface area contributed by atoms with Gasteiger partial charge in [0.05, 0.1) is 11.7 Å². The van der Waals surface area contributed by atoms with Gasteiger partial charge in [-0.1, -0.05) is 46.2 Å². The normalized spacial score (nSPS) is 22.1. The van der Waals surface area contributed by atoms with E-state index in [0.717, 1.165) is 56.1 Å². The zero-order valence-electron chi connectivity index (χ0n) is 19.2. The van der Waals surface area contributed by atoms with Crippen molar-refractivity contribution in [3.63, 3.8) is 0 Å². The van der Waals surface area contributed by atoms with Crippen LogP contribution in [0.15, 0.2) is 24.3 Å². The van der Waals surface area contributed by atoms with Crippen LogP contribution in [0.2, 0.25) is 0 Å². The molecule has 1 aromatic carbocycles. The quantitative estimate of drug-likeness (QED) is 0.656. The van der Waals surface area contributed by atoms with Crippen molar-refractivity contribution < 1.29 is 4.79 Å². The van der Waals surface area contributed by atoms with Crippen molar-refractivity contribution in [2.75, 3.05) is 25.0 Å². The van der Waals surface area contributed by atoms with Gasteiger partial charge in [-0.15, -0.1) is 0 Å². The van der Waals surface area contributed by atoms with Gasteiger partial charge < -0.3 is 15.1 Å². The van der Waals surface area contributed by atoms with Crippen molar-refractivity contribution in [3.8, 4) is 0 Å². The zero-order chi connectivity index (χ0) is 21.9. The minimum Gasteiger partial charge on any atom is -0.349 e. The monoisotopic (exact) mass is 430 g/mol. The standard InChI is InChI=1S/C24H38N4OS/c1-6-18(4)16-28-22(29)21(14-17(2)3)26-24(28)10-12-27(13-11-24)23(30)25-20-9-7-8-19(5)15-20/h7-9,15,17-18,21,26H,6,10-14,16H2,1-5H3,(H,25,30). The van der Waals surface area contributed by atoms with Gasteiger partial charge in [0.1, 0.15) is 0 Å². The average Bonchev–Trinajstić information content (AvgIpc) is 2.93. The average molecular weight is 431 g/mol. The Balaban J connectivity index is 1.68. The molecular weight excluding hydrogens is 392 g/mol. The number of amides is 1. The third-order valence-corrected chi connectivity index (χ3v) is 6.93. The predicted octanol–water partition coefficient (Wildman–Crippen LogP) is 4.38. The van der Waals surface area contributed by atoms with E-state index in [-0.39, 0.29) is 17.6 Å². The lowest BCUT2D eigenvalue weighted by molar-refractivity contribution is -0.134. The van der Waals surface area contributed by atoms with Crippen LogP contribution >= 0.6 is 12.2 Å². The zero-order valence-corrected chi connectivity index (χ0v) is 20.0. The highest BCUT2D eigenvalue weighted by Gasteiger charge is 2.51. The summed E-state index contributed by atoms with van der Waals surface area (Å²) in [6, 6.07) is 8.23. The second-order valence-electron chi connectivity index (χ2n) is 9.61. The molecule has 5 nitrogen and oxygen atoms in total. The molecule has 1 amide bonds. The van der Waals surface area contributed by atoms with Gasteiger partial charge in [0.2, 0.25) is 5.91 Å². The van der Waals surface area contributed by atoms with Gasteiger partial charge in [-0.2, -0.15) is 0 Å². The van der Waals surface area contributed by atoms with Gasteiger partial charge in [-0.25, -0.2) is 0 Å². The summed E-state index contributed by atoms with van der Waals surface area (Å²) in [6.07, 6.45) is 3.79. The van der Waals surface area contributed by atoms with Crippen LogP contribution in [-0.4, -0.2) is 52.2 Å². The van der Waals surface area contributed by atoms with E-state index in [0.29, 0.717) is 11.8 Å². The van der Waals surface area contributed by atoms with E-state index < -0.39 is 0 Å². The van der Waals surface area contributed by atoms with Crippen LogP contribution in [0.4, 0.5) is 5.69 Å². The van der Waals surface area contributed by atoms with E-state index in [1.807, 2.05) is 12.1 Å². The number of rotatable bonds is 6. The Morgan fingerprint density at radius 3 is 2.60 bits per heavy atom. The Labute approximate surface area is 187 Å². The highest BCUT2D eigenvalue weighted by Crippen LogP contribution is 2.35. The van der Waals surface area contributed by atoms with Crippen LogP contribution < -0.4 is 10.6 Å². The summed E-state index contributed by atoms with van der Waals surface area (Å²) in [5, 5.41) is 7.92. The Morgan fingerprint density at radius 1 is 1.30 bits per heavy atom. The SMILES string of the molecule is CCC(C)CN1C(=O)C(CC(C)C)NC12CCN(C(=S)Nc1cccc(C)c1)CC2. The third kappa shape index (κ3) is 5.14. The molecule has 3 rings (SSSR count). The van der Waals surface area contributed by atoms with E-state index in [9.17, 15) is 4.79 Å². The Bertz CT molecular complexity index is 757. The lowest BCUT2D eigenvalue weighted by atomic mass is 9.94. The number of nitrogens with zero attached hydrogens (tertiary/aromatic N) is 2. The van der Waals surface area contributed by atoms with E-state index in [4.69, 9.17) is 12.2 Å². The van der Waals surface area contributed by atoms with Crippen LogP contribution in [0.1, 0.15) is 58.9 Å². The smallest absolute Gasteiger partial charge is 0.241 e. The minimum absolute atomic E-state index is 0.0574. The maximum atomic E-state index is 13.3. The molecule has 2 atom stereocenters. The molecule has 0 radical (unpaired) electrons. The van der Waals surface area contributed by atoms with E-state index in [1.165, 1.54) is 5.56 Å². The van der Waals surface area contributed by atoms with Crippen LogP contribution in [0.25, 0.3) is 0 Å². The fourth-order valence-electron chi connectivity index (χ4n) is 4.62. The number of likely N-dealkylation sites (tertiary alicyclic amines) is 1. The van der Waals surface area contributed by atoms with Gasteiger partial charge in [-0.05, 0) is 55.1 Å². The van der Waals surface area contributed by atoms with Gasteiger partial charge in [0.25, 0.3) is 0 Å². The summed E-state index contributed by atoms with van der Waals surface area (Å²) in [4.78, 5) is 17.7. The number of carbonyl (C=O) groups excluding carboxylic acids is 1. The number of nitrogens with one attached hydrogen (secondary N) is 2. The molecule has 2 unspecified atom stereocenters. The van der Waals surface area contributed by atoms with Gasteiger partial charge in [-0.3, -0.25) is 10.1 Å². The van der Waals surface area contributed by atoms with E-state index in [1.54, 1.807) is 0 Å². The summed E-state index contributed by atoms with van der Waals surface area (Å²) in [7, 11) is 0. The molecule has 0 aromatic heterocycles. The fourth-order valence-corrected chi connectivity index (χ4v) is 4.92. The van der Waals surface area contributed by atoms with Crippen LogP contribution in [0.3, 0.4) is 0 Å². The maximum Gasteiger partial charge on any atom is 0.241 e. The summed E-state index contributed by atoms with van der Waals surface area (Å²) in [6.45, 7) is 13.5. The number of thiocarbonyl (C=S) groups is 1. The van der Waals surface area contributed by atoms with Crippen LogP contribution in [0, 0.1) is 18.8 Å². The van der Waals surface area contributed by atoms with Crippen molar-refractivity contribution in [1.82, 2.24) is 15.1 Å². The van der Waals surface area contributed by atoms with Crippen LogP contribution in [-0.2, 0) is 4.79 Å². The molecule has 1 spiro atoms. The van der Waals surface area contributed by atoms with Crippen LogP contribution in [0.5, 0.6) is 0 Å². The van der Waals surface area contributed by atoms with Crippen molar-refractivity contribution in [2.45, 2.75) is 72.0 Å². The first kappa shape index (κ1) is 23.0. The Hall–Kier alpha value is -1.66. The number of hydrogen-bond acceptors (Lipinski definition) is 3. The number of anilines is 1. The Kier molecular flexibility index (Phi) is 7.40. The second kappa shape index (κ2) is 9.65. The molecule has 0 aliphatic carbocycles. The highest BCUT2D eigenvalue weighted by molar-refractivity contribution is 7.80. The largest absolute Gasteiger partial charge is 0.349 e. The number of hydrogen-bond donors (Lipinski definition) is 2. The first-order valence-electron chi connectivity index (χ1n) is 11.5. The molecule has 6 heteroatoms. The van der Waals surface area contributed by atoms with Gasteiger partial charge >= 0.3 is 0 Å². The number of aryl methyl sites for hydroxylation is 1. The summed E-state index contributed by atoms with van der Waals surface area (Å²) in [5.74, 6) is 1.30. The Morgan fingerprint density at radius 2 is 2.00 bits per heavy atom. The molecule has 2 aliphatic heterocycles. The lowest BCUT2D eigenvalue weighted by Gasteiger charge is -2.46. The molecule has 2 N–H and O–H groups in total. The number of carbonyl (C=O) groups is 1. The topological polar surface area (TPSA) is 47.6 Å². The predicted molar refractivity (Wildman–Crippen MR) is 128 cm³/mol. The summed E-state index contributed by atoms with van der Waals surface area (Å²) >= 11 is 5.70. The molecule has 2 saturated heterocycles. The van der Waals surface area contributed by atoms with Gasteiger partial charge in [0, 0.05) is 38.2 Å². The number of piperidine rings is 1. The summed E-state index contributed by atoms with van der Waals surface area (Å²) in [5.41, 5.74) is 2.02. The van der Waals surface area contributed by atoms with E-state index >= 15 is 0 Å². The first-order chi connectivity index (χ1) is 14.2. The molecule has 1 aromatic rings. The third-order valence-electron chi connectivity index (χ3n) is 6.57. The molecule has 166 valence electrons. The highest BCUT2D eigenvalue weighted by atomic mass is 32.1. The second-order valence-corrected chi connectivity index (χ2v) is 9.99. The fraction of sp³-hybridized carbons (Fsp3) is 0.667. The van der Waals surface area contributed by atoms with Crippen molar-refractivity contribution in [2.24, 2.45) is 11.8 Å². The lowest BCUT2D eigenvalue weighted by Crippen LogP contribution is -2.60. The summed E-state index contributed by atoms with van der Waals surface area (Å²) < 4.78 is 0.